The van der Waals surface area contributed by atoms with Crippen LogP contribution in [0, 0.1) is 39.2 Å². The van der Waals surface area contributed by atoms with E-state index in [1.165, 1.54) is 28.3 Å². The molecule has 0 saturated heterocycles. The second-order valence-electron chi connectivity index (χ2n) is 11.5. The van der Waals surface area contributed by atoms with Crippen molar-refractivity contribution in [2.45, 2.75) is 85.5 Å². The smallest absolute Gasteiger partial charge is 0.358 e. The standard InChI is InChI=1S/C29H41Si2.2CH3.Ti/c1-21(2)18-28(13-11-10-12-14-28)20-29(19-23(4)24(5)25(29)6)30-26-15-22(3)16-27(17-26)31(7,8)9;;;/h10-13,15-17,21H,14,18,20H2,1-9H3;2*1H3;/q3*-1;+3. The molecule has 3 rings (SSSR count). The van der Waals surface area contributed by atoms with E-state index in [-0.39, 0.29) is 47.0 Å². The summed E-state index contributed by atoms with van der Waals surface area (Å²) in [6.07, 6.45) is 17.0. The van der Waals surface area contributed by atoms with Crippen LogP contribution in [0.15, 0.2) is 59.2 Å². The van der Waals surface area contributed by atoms with Crippen LogP contribution in [-0.4, -0.2) is 17.6 Å². The van der Waals surface area contributed by atoms with Crippen molar-refractivity contribution in [1.82, 2.24) is 0 Å². The molecule has 2 atom stereocenters. The molecule has 2 unspecified atom stereocenters. The molecular weight excluding hydrogens is 476 g/mol. The third-order valence-electron chi connectivity index (χ3n) is 7.12. The predicted molar refractivity (Wildman–Crippen MR) is 155 cm³/mol. The van der Waals surface area contributed by atoms with Crippen LogP contribution in [0.3, 0.4) is 0 Å². The molecule has 0 heterocycles. The molecule has 3 heteroatoms. The van der Waals surface area contributed by atoms with Gasteiger partial charge in [0.05, 0.1) is 17.6 Å². The molecular formula is C31H47Si2Ti. The quantitative estimate of drug-likeness (QED) is 0.251. The van der Waals surface area contributed by atoms with E-state index in [9.17, 15) is 0 Å². The Balaban J connectivity index is 0.00000363. The third-order valence-corrected chi connectivity index (χ3v) is 10.8. The van der Waals surface area contributed by atoms with Crippen molar-refractivity contribution in [3.05, 3.63) is 85.7 Å². The van der Waals surface area contributed by atoms with Gasteiger partial charge in [0.2, 0.25) is 0 Å². The monoisotopic (exact) mass is 523 g/mol. The molecule has 0 spiro atoms. The van der Waals surface area contributed by atoms with E-state index in [2.05, 4.69) is 110 Å². The summed E-state index contributed by atoms with van der Waals surface area (Å²) >= 11 is 0. The third kappa shape index (κ3) is 7.42. The average molecular weight is 524 g/mol. The maximum atomic E-state index is 4.05. The van der Waals surface area contributed by atoms with E-state index in [1.807, 2.05) is 0 Å². The molecule has 183 valence electrons. The van der Waals surface area contributed by atoms with Gasteiger partial charge in [-0.1, -0.05) is 117 Å². The number of rotatable bonds is 7. The first-order chi connectivity index (χ1) is 14.4. The van der Waals surface area contributed by atoms with E-state index in [0.717, 1.165) is 22.4 Å². The summed E-state index contributed by atoms with van der Waals surface area (Å²) in [5.74, 6) is 0.686. The van der Waals surface area contributed by atoms with Gasteiger partial charge in [-0.15, -0.1) is 6.92 Å². The predicted octanol–water partition coefficient (Wildman–Crippen LogP) is 7.96. The van der Waals surface area contributed by atoms with Crippen molar-refractivity contribution in [1.29, 1.82) is 0 Å². The summed E-state index contributed by atoms with van der Waals surface area (Å²) < 4.78 is 0. The Hall–Kier alpha value is -0.672. The van der Waals surface area contributed by atoms with Gasteiger partial charge in [0.1, 0.15) is 0 Å². The summed E-state index contributed by atoms with van der Waals surface area (Å²) in [5.41, 5.74) is 6.00. The van der Waals surface area contributed by atoms with Gasteiger partial charge in [0.25, 0.3) is 0 Å². The first-order valence-electron chi connectivity index (χ1n) is 11.9. The Kier molecular flexibility index (Phi) is 12.3. The minimum Gasteiger partial charge on any atom is -0.358 e. The summed E-state index contributed by atoms with van der Waals surface area (Å²) in [6.45, 7) is 21.3. The molecule has 2 aliphatic carbocycles. The first-order valence-corrected chi connectivity index (χ1v) is 16.4. The van der Waals surface area contributed by atoms with Crippen LogP contribution >= 0.6 is 0 Å². The van der Waals surface area contributed by atoms with Crippen molar-refractivity contribution in [2.24, 2.45) is 11.3 Å². The zero-order chi connectivity index (χ0) is 23.0. The molecule has 0 bridgehead atoms. The molecule has 1 aromatic rings. The molecule has 0 saturated carbocycles. The largest absolute Gasteiger partial charge is 3.00 e. The van der Waals surface area contributed by atoms with Gasteiger partial charge < -0.3 is 14.9 Å². The van der Waals surface area contributed by atoms with Crippen molar-refractivity contribution in [3.63, 3.8) is 0 Å². The van der Waals surface area contributed by atoms with Crippen molar-refractivity contribution in [3.8, 4) is 0 Å². The molecule has 0 amide bonds. The minimum atomic E-state index is -1.35. The second-order valence-corrected chi connectivity index (χ2v) is 18.3. The van der Waals surface area contributed by atoms with Gasteiger partial charge in [-0.05, 0) is 31.1 Å². The van der Waals surface area contributed by atoms with Crippen LogP contribution in [0.1, 0.15) is 59.4 Å². The van der Waals surface area contributed by atoms with Gasteiger partial charge in [-0.3, -0.25) is 6.08 Å². The Morgan fingerprint density at radius 2 is 1.65 bits per heavy atom. The minimum absolute atomic E-state index is 0. The molecule has 0 fully saturated rings. The van der Waals surface area contributed by atoms with Gasteiger partial charge in [0, 0.05) is 0 Å². The van der Waals surface area contributed by atoms with Crippen LogP contribution in [0.25, 0.3) is 0 Å². The molecule has 2 aliphatic rings. The van der Waals surface area contributed by atoms with Gasteiger partial charge in [-0.25, -0.2) is 5.57 Å². The van der Waals surface area contributed by atoms with E-state index in [1.54, 1.807) is 10.8 Å². The van der Waals surface area contributed by atoms with Crippen molar-refractivity contribution in [2.75, 3.05) is 0 Å². The Morgan fingerprint density at radius 1 is 1.00 bits per heavy atom. The molecule has 1 aromatic carbocycles. The van der Waals surface area contributed by atoms with Crippen LogP contribution in [0.4, 0.5) is 0 Å². The number of allylic oxidation sites excluding steroid dienone is 8. The maximum absolute atomic E-state index is 4.05. The van der Waals surface area contributed by atoms with Gasteiger partial charge >= 0.3 is 21.7 Å². The Labute approximate surface area is 231 Å². The fourth-order valence-electron chi connectivity index (χ4n) is 5.39. The SMILES string of the molecule is CC1=[C-]C(CC2(CC(C)C)C=CC=CC2)([Si]c2cc(C)cc([Si](C)(C)C)c2)C(C)=C1C.[CH3-].[CH3-].[Ti+3]. The number of hydrogen-bond donors (Lipinski definition) is 0. The van der Waals surface area contributed by atoms with E-state index in [0.29, 0.717) is 5.92 Å². The van der Waals surface area contributed by atoms with Crippen LogP contribution in [0.5, 0.6) is 0 Å². The molecule has 34 heavy (non-hydrogen) atoms. The topological polar surface area (TPSA) is 0 Å². The van der Waals surface area contributed by atoms with Crippen molar-refractivity contribution < 1.29 is 21.7 Å². The molecule has 0 aliphatic heterocycles. The molecule has 3 radical (unpaired) electrons. The van der Waals surface area contributed by atoms with Gasteiger partial charge in [0.15, 0.2) is 0 Å². The van der Waals surface area contributed by atoms with Crippen LogP contribution in [0.2, 0.25) is 24.7 Å². The summed E-state index contributed by atoms with van der Waals surface area (Å²) in [4.78, 5) is 0. The molecule has 0 nitrogen and oxygen atoms in total. The van der Waals surface area contributed by atoms with E-state index in [4.69, 9.17) is 0 Å². The average Bonchev–Trinajstić information content (AvgIpc) is 2.84. The zero-order valence-electron chi connectivity index (χ0n) is 23.7. The van der Waals surface area contributed by atoms with E-state index < -0.39 is 8.07 Å². The Morgan fingerprint density at radius 3 is 2.12 bits per heavy atom. The maximum Gasteiger partial charge on any atom is 3.00 e. The summed E-state index contributed by atoms with van der Waals surface area (Å²) in [6, 6.07) is 7.39. The van der Waals surface area contributed by atoms with E-state index >= 15 is 0 Å². The Bertz CT molecular complexity index is 958. The van der Waals surface area contributed by atoms with Gasteiger partial charge in [-0.2, -0.15) is 11.1 Å². The first kappa shape index (κ1) is 33.3. The second kappa shape index (κ2) is 12.5. The van der Waals surface area contributed by atoms with Crippen LogP contribution in [-0.2, 0) is 21.7 Å². The molecule has 0 aromatic heterocycles. The van der Waals surface area contributed by atoms with Crippen LogP contribution < -0.4 is 10.4 Å². The fourth-order valence-corrected chi connectivity index (χ4v) is 8.87. The molecule has 0 N–H and O–H groups in total. The fraction of sp³-hybridized carbons (Fsp3) is 0.484. The zero-order valence-corrected chi connectivity index (χ0v) is 27.3. The van der Waals surface area contributed by atoms with Crippen molar-refractivity contribution >= 4 is 28.0 Å². The summed E-state index contributed by atoms with van der Waals surface area (Å²) in [5, 5.41) is 3.12. The number of benzene rings is 1. The normalized spacial score (nSPS) is 23.9. The number of hydrogen-bond acceptors (Lipinski definition) is 0. The summed E-state index contributed by atoms with van der Waals surface area (Å²) in [7, 11) is -0.624. The number of aryl methyl sites for hydroxylation is 1.